The fraction of sp³-hybridized carbons (Fsp3) is 0.188. The van der Waals surface area contributed by atoms with Crippen molar-refractivity contribution in [1.82, 2.24) is 5.32 Å². The maximum Gasteiger partial charge on any atom is 0.255 e. The summed E-state index contributed by atoms with van der Waals surface area (Å²) in [6.45, 7) is 0.355. The molecule has 0 aliphatic carbocycles. The molecular weight excluding hydrogens is 290 g/mol. The number of hydrogen-bond acceptors (Lipinski definition) is 3. The zero-order chi connectivity index (χ0) is 15.2. The number of ether oxygens (including phenoxy) is 2. The lowest BCUT2D eigenvalue weighted by Crippen LogP contribution is -2.23. The normalized spacial score (nSPS) is 10.0. The highest BCUT2D eigenvalue weighted by molar-refractivity contribution is 6.31. The molecule has 5 heteroatoms. The van der Waals surface area contributed by atoms with Gasteiger partial charge in [0.1, 0.15) is 11.5 Å². The van der Waals surface area contributed by atoms with Crippen LogP contribution in [0.1, 0.15) is 15.9 Å². The Morgan fingerprint density at radius 1 is 1.14 bits per heavy atom. The number of hydrogen-bond donors (Lipinski definition) is 1. The lowest BCUT2D eigenvalue weighted by atomic mass is 10.1. The third-order valence-corrected chi connectivity index (χ3v) is 3.42. The van der Waals surface area contributed by atoms with Gasteiger partial charge in [-0.1, -0.05) is 29.8 Å². The molecule has 0 aliphatic heterocycles. The maximum atomic E-state index is 12.2. The van der Waals surface area contributed by atoms with Gasteiger partial charge < -0.3 is 14.8 Å². The highest BCUT2D eigenvalue weighted by Gasteiger charge is 2.13. The topological polar surface area (TPSA) is 47.6 Å². The van der Waals surface area contributed by atoms with Gasteiger partial charge in [0.05, 0.1) is 19.8 Å². The molecule has 0 atom stereocenters. The highest BCUT2D eigenvalue weighted by Crippen LogP contribution is 2.24. The SMILES string of the molecule is COc1ccc(C(=O)NCc2ccccc2Cl)c(OC)c1. The van der Waals surface area contributed by atoms with Crippen molar-refractivity contribution >= 4 is 17.5 Å². The molecular formula is C16H16ClNO3. The maximum absolute atomic E-state index is 12.2. The molecule has 1 amide bonds. The van der Waals surface area contributed by atoms with E-state index in [9.17, 15) is 4.79 Å². The van der Waals surface area contributed by atoms with Crippen molar-refractivity contribution in [2.75, 3.05) is 14.2 Å². The van der Waals surface area contributed by atoms with Gasteiger partial charge in [0, 0.05) is 17.6 Å². The van der Waals surface area contributed by atoms with Gasteiger partial charge in [-0.25, -0.2) is 0 Å². The van der Waals surface area contributed by atoms with Crippen molar-refractivity contribution < 1.29 is 14.3 Å². The number of carbonyl (C=O) groups excluding carboxylic acids is 1. The van der Waals surface area contributed by atoms with Gasteiger partial charge in [-0.2, -0.15) is 0 Å². The fourth-order valence-corrected chi connectivity index (χ4v) is 2.10. The van der Waals surface area contributed by atoms with Crippen molar-refractivity contribution in [3.63, 3.8) is 0 Å². The molecule has 21 heavy (non-hydrogen) atoms. The number of halogens is 1. The molecule has 0 spiro atoms. The first-order valence-corrected chi connectivity index (χ1v) is 6.77. The molecule has 0 aromatic heterocycles. The van der Waals surface area contributed by atoms with Gasteiger partial charge in [-0.15, -0.1) is 0 Å². The predicted octanol–water partition coefficient (Wildman–Crippen LogP) is 3.29. The van der Waals surface area contributed by atoms with E-state index in [1.54, 1.807) is 31.4 Å². The van der Waals surface area contributed by atoms with Crippen LogP contribution in [0.5, 0.6) is 11.5 Å². The zero-order valence-electron chi connectivity index (χ0n) is 11.9. The van der Waals surface area contributed by atoms with Crippen LogP contribution in [0.2, 0.25) is 5.02 Å². The summed E-state index contributed by atoms with van der Waals surface area (Å²) >= 11 is 6.06. The minimum absolute atomic E-state index is 0.227. The first kappa shape index (κ1) is 15.2. The number of amides is 1. The third kappa shape index (κ3) is 3.67. The standard InChI is InChI=1S/C16H16ClNO3/c1-20-12-7-8-13(15(9-12)21-2)16(19)18-10-11-5-3-4-6-14(11)17/h3-9H,10H2,1-2H3,(H,18,19). The van der Waals surface area contributed by atoms with Gasteiger partial charge in [0.15, 0.2) is 0 Å². The lowest BCUT2D eigenvalue weighted by Gasteiger charge is -2.11. The van der Waals surface area contributed by atoms with Crippen LogP contribution in [-0.4, -0.2) is 20.1 Å². The second kappa shape index (κ2) is 6.99. The molecule has 0 saturated heterocycles. The van der Waals surface area contributed by atoms with Crippen molar-refractivity contribution in [3.05, 3.63) is 58.6 Å². The summed E-state index contributed by atoms with van der Waals surface area (Å²) in [5.74, 6) is 0.870. The molecule has 0 aliphatic rings. The smallest absolute Gasteiger partial charge is 0.255 e. The Morgan fingerprint density at radius 2 is 1.90 bits per heavy atom. The summed E-state index contributed by atoms with van der Waals surface area (Å²) in [5, 5.41) is 3.45. The van der Waals surface area contributed by atoms with Crippen LogP contribution in [0.4, 0.5) is 0 Å². The fourth-order valence-electron chi connectivity index (χ4n) is 1.90. The number of benzene rings is 2. The van der Waals surface area contributed by atoms with Gasteiger partial charge in [0.2, 0.25) is 0 Å². The van der Waals surface area contributed by atoms with E-state index in [1.165, 1.54) is 7.11 Å². The van der Waals surface area contributed by atoms with Crippen molar-refractivity contribution in [2.24, 2.45) is 0 Å². The summed E-state index contributed by atoms with van der Waals surface area (Å²) < 4.78 is 10.3. The molecule has 110 valence electrons. The molecule has 2 rings (SSSR count). The minimum Gasteiger partial charge on any atom is -0.497 e. The van der Waals surface area contributed by atoms with Crippen LogP contribution in [0, 0.1) is 0 Å². The van der Waals surface area contributed by atoms with E-state index in [0.29, 0.717) is 28.6 Å². The molecule has 0 unspecified atom stereocenters. The van der Waals surface area contributed by atoms with E-state index in [-0.39, 0.29) is 5.91 Å². The Labute approximate surface area is 128 Å². The molecule has 1 N–H and O–H groups in total. The summed E-state index contributed by atoms with van der Waals surface area (Å²) in [5.41, 5.74) is 1.31. The monoisotopic (exact) mass is 305 g/mol. The Balaban J connectivity index is 2.12. The van der Waals surface area contributed by atoms with Crippen LogP contribution in [0.25, 0.3) is 0 Å². The van der Waals surface area contributed by atoms with Gasteiger partial charge in [0.25, 0.3) is 5.91 Å². The number of carbonyl (C=O) groups is 1. The molecule has 0 radical (unpaired) electrons. The van der Waals surface area contributed by atoms with Gasteiger partial charge in [-0.05, 0) is 23.8 Å². The molecule has 2 aromatic carbocycles. The Bertz CT molecular complexity index is 643. The van der Waals surface area contributed by atoms with Crippen LogP contribution >= 0.6 is 11.6 Å². The summed E-state index contributed by atoms with van der Waals surface area (Å²) in [7, 11) is 3.07. The molecule has 0 bridgehead atoms. The second-order valence-electron chi connectivity index (χ2n) is 4.34. The van der Waals surface area contributed by atoms with Crippen LogP contribution < -0.4 is 14.8 Å². The first-order chi connectivity index (χ1) is 10.2. The molecule has 4 nitrogen and oxygen atoms in total. The quantitative estimate of drug-likeness (QED) is 0.922. The van der Waals surface area contributed by atoms with Crippen LogP contribution in [0.3, 0.4) is 0 Å². The van der Waals surface area contributed by atoms with E-state index < -0.39 is 0 Å². The van der Waals surface area contributed by atoms with Crippen molar-refractivity contribution in [1.29, 1.82) is 0 Å². The number of rotatable bonds is 5. The molecule has 2 aromatic rings. The van der Waals surface area contributed by atoms with E-state index in [4.69, 9.17) is 21.1 Å². The zero-order valence-corrected chi connectivity index (χ0v) is 12.6. The van der Waals surface area contributed by atoms with Gasteiger partial charge >= 0.3 is 0 Å². The Kier molecular flexibility index (Phi) is 5.06. The lowest BCUT2D eigenvalue weighted by molar-refractivity contribution is 0.0948. The van der Waals surface area contributed by atoms with E-state index >= 15 is 0 Å². The van der Waals surface area contributed by atoms with E-state index in [2.05, 4.69) is 5.32 Å². The van der Waals surface area contributed by atoms with E-state index in [0.717, 1.165) is 5.56 Å². The average molecular weight is 306 g/mol. The Morgan fingerprint density at radius 3 is 2.57 bits per heavy atom. The molecule has 0 heterocycles. The average Bonchev–Trinajstić information content (AvgIpc) is 2.53. The molecule has 0 fully saturated rings. The highest BCUT2D eigenvalue weighted by atomic mass is 35.5. The second-order valence-corrected chi connectivity index (χ2v) is 4.75. The predicted molar refractivity (Wildman–Crippen MR) is 82.2 cm³/mol. The Hall–Kier alpha value is -2.20. The number of methoxy groups -OCH3 is 2. The largest absolute Gasteiger partial charge is 0.497 e. The van der Waals surface area contributed by atoms with Crippen molar-refractivity contribution in [2.45, 2.75) is 6.54 Å². The number of nitrogens with one attached hydrogen (secondary N) is 1. The third-order valence-electron chi connectivity index (χ3n) is 3.05. The van der Waals surface area contributed by atoms with Crippen molar-refractivity contribution in [3.8, 4) is 11.5 Å². The van der Waals surface area contributed by atoms with E-state index in [1.807, 2.05) is 18.2 Å². The van der Waals surface area contributed by atoms with Gasteiger partial charge in [-0.3, -0.25) is 4.79 Å². The molecule has 0 saturated carbocycles. The van der Waals surface area contributed by atoms with Crippen LogP contribution in [-0.2, 0) is 6.54 Å². The summed E-state index contributed by atoms with van der Waals surface area (Å²) in [4.78, 5) is 12.2. The first-order valence-electron chi connectivity index (χ1n) is 6.39. The summed E-state index contributed by atoms with van der Waals surface area (Å²) in [6, 6.07) is 12.4. The minimum atomic E-state index is -0.227. The van der Waals surface area contributed by atoms with Crippen LogP contribution in [0.15, 0.2) is 42.5 Å². The summed E-state index contributed by atoms with van der Waals surface area (Å²) in [6.07, 6.45) is 0.